The fourth-order valence-electron chi connectivity index (χ4n) is 3.78. The van der Waals surface area contributed by atoms with E-state index in [0.717, 1.165) is 6.07 Å². The van der Waals surface area contributed by atoms with Crippen LogP contribution >= 0.6 is 0 Å². The van der Waals surface area contributed by atoms with Crippen LogP contribution < -0.4 is 5.43 Å². The van der Waals surface area contributed by atoms with Crippen LogP contribution in [0, 0.1) is 11.6 Å². The number of nitrogens with zero attached hydrogens (tertiary/aromatic N) is 4. The number of benzene rings is 2. The van der Waals surface area contributed by atoms with Crippen LogP contribution in [0.5, 0.6) is 0 Å². The SMILES string of the molecule is Fc1cccc(-c2nc3c([nH]2)C=CN(Cc2ccc(-c4ccc(C(F)(F)F)cc4C(F)(F)F)nn2)N3)c1F. The van der Waals surface area contributed by atoms with Gasteiger partial charge in [0.2, 0.25) is 0 Å². The second-order valence-corrected chi connectivity index (χ2v) is 8.17. The summed E-state index contributed by atoms with van der Waals surface area (Å²) in [6.45, 7) is 0.0683. The van der Waals surface area contributed by atoms with Gasteiger partial charge in [-0.3, -0.25) is 10.4 Å². The first-order chi connectivity index (χ1) is 17.9. The molecule has 0 fully saturated rings. The minimum atomic E-state index is -5.05. The average molecular weight is 538 g/mol. The molecular formula is C24H14F8N6. The fraction of sp³-hybridized carbons (Fsp3) is 0.125. The van der Waals surface area contributed by atoms with Gasteiger partial charge >= 0.3 is 12.4 Å². The number of H-pyrrole nitrogens is 1. The number of nitrogens with one attached hydrogen (secondary N) is 2. The number of hydrazine groups is 1. The molecule has 3 heterocycles. The number of hydrogen-bond donors (Lipinski definition) is 2. The summed E-state index contributed by atoms with van der Waals surface area (Å²) in [5.41, 5.74) is -0.0466. The van der Waals surface area contributed by atoms with Crippen molar-refractivity contribution in [3.63, 3.8) is 0 Å². The summed E-state index contributed by atoms with van der Waals surface area (Å²) in [6, 6.07) is 7.59. The third kappa shape index (κ3) is 4.88. The lowest BCUT2D eigenvalue weighted by Crippen LogP contribution is -2.27. The third-order valence-corrected chi connectivity index (χ3v) is 5.59. The minimum absolute atomic E-state index is 0.0405. The van der Waals surface area contributed by atoms with E-state index in [2.05, 4.69) is 25.6 Å². The number of rotatable bonds is 4. The van der Waals surface area contributed by atoms with Crippen LogP contribution in [-0.4, -0.2) is 25.2 Å². The number of anilines is 1. The Balaban J connectivity index is 1.34. The minimum Gasteiger partial charge on any atom is -0.336 e. The maximum absolute atomic E-state index is 14.1. The molecule has 4 aromatic rings. The Morgan fingerprint density at radius 1 is 0.842 bits per heavy atom. The normalized spacial score (nSPS) is 13.4. The molecule has 0 amide bonds. The van der Waals surface area contributed by atoms with Crippen LogP contribution in [0.4, 0.5) is 40.9 Å². The van der Waals surface area contributed by atoms with Crippen molar-refractivity contribution >= 4 is 11.9 Å². The van der Waals surface area contributed by atoms with Crippen LogP contribution in [0.1, 0.15) is 22.5 Å². The van der Waals surface area contributed by atoms with Gasteiger partial charge in [0.15, 0.2) is 17.5 Å². The first-order valence-electron chi connectivity index (χ1n) is 10.8. The van der Waals surface area contributed by atoms with E-state index in [0.29, 0.717) is 29.3 Å². The van der Waals surface area contributed by atoms with Crippen LogP contribution in [0.25, 0.3) is 28.7 Å². The Morgan fingerprint density at radius 2 is 1.63 bits per heavy atom. The Kier molecular flexibility index (Phi) is 6.04. The number of alkyl halides is 6. The van der Waals surface area contributed by atoms with E-state index in [9.17, 15) is 35.1 Å². The molecule has 0 bridgehead atoms. The molecule has 196 valence electrons. The highest BCUT2D eigenvalue weighted by atomic mass is 19.4. The molecule has 38 heavy (non-hydrogen) atoms. The predicted molar refractivity (Wildman–Crippen MR) is 120 cm³/mol. The summed E-state index contributed by atoms with van der Waals surface area (Å²) >= 11 is 0. The van der Waals surface area contributed by atoms with Gasteiger partial charge in [0.25, 0.3) is 0 Å². The second-order valence-electron chi connectivity index (χ2n) is 8.17. The standard InChI is InChI=1S/C24H14F8N6/c25-17-3-1-2-15(20(17)26)21-33-19-8-9-38(37-22(19)34-21)11-13-5-7-18(36-35-13)14-6-4-12(23(27,28)29)10-16(14)24(30,31)32/h1-10,37H,11H2,(H,33,34). The second kappa shape index (κ2) is 9.11. The number of aromatic nitrogens is 4. The Morgan fingerprint density at radius 3 is 2.32 bits per heavy atom. The fourth-order valence-corrected chi connectivity index (χ4v) is 3.78. The Hall–Kier alpha value is -4.49. The molecule has 0 spiro atoms. The maximum atomic E-state index is 14.1. The summed E-state index contributed by atoms with van der Waals surface area (Å²) in [6.07, 6.45) is -6.80. The first kappa shape index (κ1) is 25.2. The molecule has 0 saturated heterocycles. The summed E-state index contributed by atoms with van der Waals surface area (Å²) < 4.78 is 107. The number of imidazole rings is 1. The molecular weight excluding hydrogens is 524 g/mol. The van der Waals surface area contributed by atoms with E-state index in [1.165, 1.54) is 29.3 Å². The summed E-state index contributed by atoms with van der Waals surface area (Å²) in [5.74, 6) is -1.69. The predicted octanol–water partition coefficient (Wildman–Crippen LogP) is 6.66. The highest BCUT2D eigenvalue weighted by Crippen LogP contribution is 2.40. The van der Waals surface area contributed by atoms with E-state index < -0.39 is 40.7 Å². The summed E-state index contributed by atoms with van der Waals surface area (Å²) in [5, 5.41) is 9.19. The van der Waals surface area contributed by atoms with E-state index in [4.69, 9.17) is 0 Å². The largest absolute Gasteiger partial charge is 0.417 e. The number of halogens is 8. The van der Waals surface area contributed by atoms with Gasteiger partial charge in [-0.1, -0.05) is 12.1 Å². The topological polar surface area (TPSA) is 69.7 Å². The lowest BCUT2D eigenvalue weighted by Gasteiger charge is -2.24. The zero-order chi connectivity index (χ0) is 27.2. The highest BCUT2D eigenvalue weighted by Gasteiger charge is 2.38. The molecule has 1 aliphatic rings. The van der Waals surface area contributed by atoms with Crippen molar-refractivity contribution in [1.29, 1.82) is 0 Å². The molecule has 6 nitrogen and oxygen atoms in total. The van der Waals surface area contributed by atoms with Crippen molar-refractivity contribution in [2.24, 2.45) is 0 Å². The number of aromatic amines is 1. The van der Waals surface area contributed by atoms with Crippen molar-refractivity contribution in [3.8, 4) is 22.6 Å². The molecule has 0 aliphatic carbocycles. The molecule has 1 aliphatic heterocycles. The zero-order valence-corrected chi connectivity index (χ0v) is 18.8. The smallest absolute Gasteiger partial charge is 0.336 e. The van der Waals surface area contributed by atoms with Gasteiger partial charge in [-0.2, -0.15) is 36.5 Å². The zero-order valence-electron chi connectivity index (χ0n) is 18.8. The van der Waals surface area contributed by atoms with Gasteiger partial charge in [0.1, 0.15) is 5.82 Å². The van der Waals surface area contributed by atoms with Crippen molar-refractivity contribution in [3.05, 3.63) is 88.9 Å². The Labute approximate surface area is 208 Å². The number of hydrogen-bond acceptors (Lipinski definition) is 5. The van der Waals surface area contributed by atoms with Crippen LogP contribution in [0.3, 0.4) is 0 Å². The Bertz CT molecular complexity index is 1520. The van der Waals surface area contributed by atoms with E-state index >= 15 is 0 Å². The van der Waals surface area contributed by atoms with Crippen LogP contribution in [-0.2, 0) is 18.9 Å². The quantitative estimate of drug-likeness (QED) is 0.285. The average Bonchev–Trinajstić information content (AvgIpc) is 3.28. The molecule has 14 heteroatoms. The summed E-state index contributed by atoms with van der Waals surface area (Å²) in [7, 11) is 0. The van der Waals surface area contributed by atoms with Gasteiger partial charge in [-0.15, -0.1) is 0 Å². The van der Waals surface area contributed by atoms with Crippen LogP contribution in [0.2, 0.25) is 0 Å². The molecule has 0 saturated carbocycles. The monoisotopic (exact) mass is 538 g/mol. The molecule has 2 N–H and O–H groups in total. The molecule has 0 unspecified atom stereocenters. The lowest BCUT2D eigenvalue weighted by molar-refractivity contribution is -0.142. The van der Waals surface area contributed by atoms with Gasteiger partial charge in [0, 0.05) is 11.8 Å². The molecule has 0 radical (unpaired) electrons. The van der Waals surface area contributed by atoms with Gasteiger partial charge < -0.3 is 4.98 Å². The molecule has 2 aromatic carbocycles. The van der Waals surface area contributed by atoms with Crippen molar-refractivity contribution < 1.29 is 35.1 Å². The first-order valence-corrected chi connectivity index (χ1v) is 10.8. The van der Waals surface area contributed by atoms with E-state index in [-0.39, 0.29) is 29.7 Å². The van der Waals surface area contributed by atoms with E-state index in [1.807, 2.05) is 0 Å². The highest BCUT2D eigenvalue weighted by molar-refractivity contribution is 5.69. The lowest BCUT2D eigenvalue weighted by atomic mass is 10.00. The third-order valence-electron chi connectivity index (χ3n) is 5.59. The maximum Gasteiger partial charge on any atom is 0.417 e. The van der Waals surface area contributed by atoms with Crippen LogP contribution in [0.15, 0.2) is 54.7 Å². The number of fused-ring (bicyclic) bond motifs is 1. The van der Waals surface area contributed by atoms with Gasteiger partial charge in [-0.05, 0) is 42.5 Å². The van der Waals surface area contributed by atoms with Gasteiger partial charge in [0.05, 0.1) is 40.3 Å². The van der Waals surface area contributed by atoms with E-state index in [1.54, 1.807) is 12.3 Å². The molecule has 5 rings (SSSR count). The molecule has 2 aromatic heterocycles. The van der Waals surface area contributed by atoms with Crippen molar-refractivity contribution in [2.45, 2.75) is 18.9 Å². The van der Waals surface area contributed by atoms with Crippen molar-refractivity contribution in [1.82, 2.24) is 25.2 Å². The van der Waals surface area contributed by atoms with Gasteiger partial charge in [-0.25, -0.2) is 13.8 Å². The van der Waals surface area contributed by atoms with Crippen molar-refractivity contribution in [2.75, 3.05) is 5.43 Å². The summed E-state index contributed by atoms with van der Waals surface area (Å²) in [4.78, 5) is 7.11. The molecule has 0 atom stereocenters.